The Kier molecular flexibility index (Phi) is 4.83. The lowest BCUT2D eigenvalue weighted by Crippen LogP contribution is -2.21. The van der Waals surface area contributed by atoms with Gasteiger partial charge in [-0.1, -0.05) is 42.5 Å². The predicted molar refractivity (Wildman–Crippen MR) is 105 cm³/mol. The van der Waals surface area contributed by atoms with Gasteiger partial charge in [-0.15, -0.1) is 0 Å². The van der Waals surface area contributed by atoms with E-state index in [1.807, 2.05) is 71.5 Å². The van der Waals surface area contributed by atoms with E-state index in [4.69, 9.17) is 4.42 Å². The van der Waals surface area contributed by atoms with Gasteiger partial charge >= 0.3 is 0 Å². The number of nitrogens with zero attached hydrogens (tertiary/aromatic N) is 2. The molecule has 0 radical (unpaired) electrons. The second-order valence-electron chi connectivity index (χ2n) is 6.21. The van der Waals surface area contributed by atoms with Gasteiger partial charge in [0.25, 0.3) is 0 Å². The van der Waals surface area contributed by atoms with E-state index in [0.29, 0.717) is 18.8 Å². The first-order chi connectivity index (χ1) is 13.3. The summed E-state index contributed by atoms with van der Waals surface area (Å²) in [5.41, 5.74) is 3.01. The highest BCUT2D eigenvalue weighted by Gasteiger charge is 2.05. The fourth-order valence-corrected chi connectivity index (χ4v) is 2.94. The normalized spacial score (nSPS) is 11.3. The number of hydrogen-bond donors (Lipinski definition) is 1. The first-order valence-corrected chi connectivity index (χ1v) is 8.77. The summed E-state index contributed by atoms with van der Waals surface area (Å²) in [6.07, 6.45) is 6.86. The van der Waals surface area contributed by atoms with Crippen LogP contribution in [0.5, 0.6) is 0 Å². The van der Waals surface area contributed by atoms with E-state index in [1.54, 1.807) is 12.3 Å². The number of nitrogens with one attached hydrogen (secondary N) is 1. The number of carbonyl (C=O) groups is 1. The molecule has 5 heteroatoms. The van der Waals surface area contributed by atoms with Crippen LogP contribution in [0.25, 0.3) is 17.0 Å². The van der Waals surface area contributed by atoms with Gasteiger partial charge in [0.2, 0.25) is 5.91 Å². The molecule has 0 bridgehead atoms. The number of amides is 1. The van der Waals surface area contributed by atoms with Crippen molar-refractivity contribution in [2.24, 2.45) is 0 Å². The summed E-state index contributed by atoms with van der Waals surface area (Å²) < 4.78 is 7.55. The van der Waals surface area contributed by atoms with Crippen LogP contribution in [0.4, 0.5) is 0 Å². The van der Waals surface area contributed by atoms with E-state index in [0.717, 1.165) is 22.1 Å². The summed E-state index contributed by atoms with van der Waals surface area (Å²) in [7, 11) is 0. The van der Waals surface area contributed by atoms with Gasteiger partial charge in [-0.2, -0.15) is 5.10 Å². The molecule has 0 atom stereocenters. The molecule has 0 spiro atoms. The molecule has 0 saturated heterocycles. The van der Waals surface area contributed by atoms with Gasteiger partial charge in [-0.05, 0) is 35.4 Å². The van der Waals surface area contributed by atoms with Crippen LogP contribution in [0.3, 0.4) is 0 Å². The minimum atomic E-state index is -0.163. The summed E-state index contributed by atoms with van der Waals surface area (Å²) in [6.45, 7) is 1.13. The average Bonchev–Trinajstić information content (AvgIpc) is 3.34. The topological polar surface area (TPSA) is 60.1 Å². The zero-order valence-electron chi connectivity index (χ0n) is 14.7. The summed E-state index contributed by atoms with van der Waals surface area (Å²) in [5, 5.41) is 8.18. The van der Waals surface area contributed by atoms with Gasteiger partial charge in [0.15, 0.2) is 0 Å². The van der Waals surface area contributed by atoms with Gasteiger partial charge in [0.1, 0.15) is 11.3 Å². The Balaban J connectivity index is 1.39. The van der Waals surface area contributed by atoms with E-state index in [-0.39, 0.29) is 5.91 Å². The molecule has 0 aliphatic carbocycles. The highest BCUT2D eigenvalue weighted by Crippen LogP contribution is 2.19. The average molecular weight is 357 g/mol. The van der Waals surface area contributed by atoms with Gasteiger partial charge < -0.3 is 9.73 Å². The molecular weight excluding hydrogens is 338 g/mol. The third-order valence-electron chi connectivity index (χ3n) is 4.31. The standard InChI is InChI=1S/C22H19N3O2/c26-22(11-10-20-14-17-6-3-4-9-21(17)27-20)23-15-18-7-1-2-8-19(18)16-25-13-5-12-24-25/h1-14H,15-16H2,(H,23,26)/b11-10+. The number of benzene rings is 2. The fourth-order valence-electron chi connectivity index (χ4n) is 2.94. The molecule has 2 aromatic heterocycles. The Morgan fingerprint density at radius 3 is 2.70 bits per heavy atom. The molecule has 0 aliphatic rings. The van der Waals surface area contributed by atoms with Crippen LogP contribution in [0.2, 0.25) is 0 Å². The van der Waals surface area contributed by atoms with Crippen molar-refractivity contribution in [1.82, 2.24) is 15.1 Å². The van der Waals surface area contributed by atoms with Crippen molar-refractivity contribution < 1.29 is 9.21 Å². The third kappa shape index (κ3) is 4.15. The minimum absolute atomic E-state index is 0.163. The lowest BCUT2D eigenvalue weighted by Gasteiger charge is -2.10. The van der Waals surface area contributed by atoms with E-state index in [1.165, 1.54) is 6.08 Å². The number of rotatable bonds is 6. The maximum atomic E-state index is 12.2. The molecule has 0 unspecified atom stereocenters. The minimum Gasteiger partial charge on any atom is -0.457 e. The van der Waals surface area contributed by atoms with Crippen molar-refractivity contribution in [3.05, 3.63) is 96.0 Å². The zero-order valence-corrected chi connectivity index (χ0v) is 14.7. The van der Waals surface area contributed by atoms with Crippen molar-refractivity contribution in [3.8, 4) is 0 Å². The van der Waals surface area contributed by atoms with Crippen LogP contribution in [0.1, 0.15) is 16.9 Å². The van der Waals surface area contributed by atoms with Gasteiger partial charge in [-0.25, -0.2) is 0 Å². The van der Waals surface area contributed by atoms with Crippen molar-refractivity contribution in [1.29, 1.82) is 0 Å². The summed E-state index contributed by atoms with van der Waals surface area (Å²) in [5.74, 6) is 0.495. The zero-order chi connectivity index (χ0) is 18.5. The summed E-state index contributed by atoms with van der Waals surface area (Å²) >= 11 is 0. The third-order valence-corrected chi connectivity index (χ3v) is 4.31. The molecule has 1 amide bonds. The van der Waals surface area contributed by atoms with Crippen molar-refractivity contribution in [2.75, 3.05) is 0 Å². The quantitative estimate of drug-likeness (QED) is 0.531. The van der Waals surface area contributed by atoms with E-state index in [9.17, 15) is 4.79 Å². The van der Waals surface area contributed by atoms with Crippen LogP contribution in [0.15, 0.2) is 83.6 Å². The molecule has 0 aliphatic heterocycles. The highest BCUT2D eigenvalue weighted by atomic mass is 16.3. The van der Waals surface area contributed by atoms with Crippen LogP contribution < -0.4 is 5.32 Å². The van der Waals surface area contributed by atoms with E-state index >= 15 is 0 Å². The van der Waals surface area contributed by atoms with Gasteiger partial charge in [0, 0.05) is 30.4 Å². The molecule has 2 heterocycles. The summed E-state index contributed by atoms with van der Waals surface area (Å²) in [6, 6.07) is 19.6. The van der Waals surface area contributed by atoms with Crippen LogP contribution in [0, 0.1) is 0 Å². The smallest absolute Gasteiger partial charge is 0.244 e. The van der Waals surface area contributed by atoms with E-state index in [2.05, 4.69) is 10.4 Å². The number of fused-ring (bicyclic) bond motifs is 1. The number of para-hydroxylation sites is 1. The molecule has 0 saturated carbocycles. The largest absolute Gasteiger partial charge is 0.457 e. The van der Waals surface area contributed by atoms with E-state index < -0.39 is 0 Å². The predicted octanol–water partition coefficient (Wildman–Crippen LogP) is 4.01. The first-order valence-electron chi connectivity index (χ1n) is 8.77. The number of furan rings is 1. The Bertz CT molecular complexity index is 1040. The molecule has 5 nitrogen and oxygen atoms in total. The first kappa shape index (κ1) is 16.8. The Morgan fingerprint density at radius 2 is 1.89 bits per heavy atom. The van der Waals surface area contributed by atoms with Crippen molar-refractivity contribution in [2.45, 2.75) is 13.1 Å². The van der Waals surface area contributed by atoms with Gasteiger partial charge in [-0.3, -0.25) is 9.48 Å². The molecule has 2 aromatic carbocycles. The number of aromatic nitrogens is 2. The van der Waals surface area contributed by atoms with Crippen molar-refractivity contribution in [3.63, 3.8) is 0 Å². The molecule has 4 aromatic rings. The Morgan fingerprint density at radius 1 is 1.07 bits per heavy atom. The van der Waals surface area contributed by atoms with Gasteiger partial charge in [0.05, 0.1) is 6.54 Å². The number of hydrogen-bond acceptors (Lipinski definition) is 3. The summed E-state index contributed by atoms with van der Waals surface area (Å²) in [4.78, 5) is 12.2. The lowest BCUT2D eigenvalue weighted by molar-refractivity contribution is -0.116. The molecular formula is C22H19N3O2. The SMILES string of the molecule is O=C(/C=C/c1cc2ccccc2o1)NCc1ccccc1Cn1cccn1. The Hall–Kier alpha value is -3.60. The molecule has 0 fully saturated rings. The Labute approximate surface area is 156 Å². The van der Waals surface area contributed by atoms with Crippen LogP contribution in [-0.2, 0) is 17.9 Å². The maximum absolute atomic E-state index is 12.2. The second-order valence-corrected chi connectivity index (χ2v) is 6.21. The molecule has 27 heavy (non-hydrogen) atoms. The lowest BCUT2D eigenvalue weighted by atomic mass is 10.1. The van der Waals surface area contributed by atoms with Crippen molar-refractivity contribution >= 4 is 23.0 Å². The maximum Gasteiger partial charge on any atom is 0.244 e. The van der Waals surface area contributed by atoms with Crippen LogP contribution >= 0.6 is 0 Å². The monoisotopic (exact) mass is 357 g/mol. The fraction of sp³-hybridized carbons (Fsp3) is 0.0909. The molecule has 134 valence electrons. The highest BCUT2D eigenvalue weighted by molar-refractivity contribution is 5.92. The van der Waals surface area contributed by atoms with Crippen LogP contribution in [-0.4, -0.2) is 15.7 Å². The molecule has 4 rings (SSSR count). The second kappa shape index (κ2) is 7.74. The number of carbonyl (C=O) groups excluding carboxylic acids is 1. The molecule has 1 N–H and O–H groups in total.